The first-order chi connectivity index (χ1) is 10.7. The van der Waals surface area contributed by atoms with Gasteiger partial charge in [0.05, 0.1) is 17.7 Å². The van der Waals surface area contributed by atoms with Crippen molar-refractivity contribution in [3.05, 3.63) is 30.1 Å². The number of ether oxygens (including phenoxy) is 1. The van der Waals surface area contributed by atoms with E-state index in [0.29, 0.717) is 26.1 Å². The van der Waals surface area contributed by atoms with Gasteiger partial charge >= 0.3 is 6.09 Å². The van der Waals surface area contributed by atoms with Crippen molar-refractivity contribution < 1.29 is 14.3 Å². The van der Waals surface area contributed by atoms with Crippen LogP contribution in [0.2, 0.25) is 0 Å². The Morgan fingerprint density at radius 3 is 2.74 bits per heavy atom. The van der Waals surface area contributed by atoms with E-state index in [4.69, 9.17) is 4.74 Å². The highest BCUT2D eigenvalue weighted by atomic mass is 16.6. The minimum absolute atomic E-state index is 0.0609. The third-order valence-electron chi connectivity index (χ3n) is 3.83. The van der Waals surface area contributed by atoms with Crippen LogP contribution in [-0.2, 0) is 16.1 Å². The minimum Gasteiger partial charge on any atom is -0.444 e. The van der Waals surface area contributed by atoms with Crippen LogP contribution < -0.4 is 5.32 Å². The molecule has 0 saturated carbocycles. The average Bonchev–Trinajstić information content (AvgIpc) is 2.88. The van der Waals surface area contributed by atoms with Gasteiger partial charge in [-0.25, -0.2) is 4.79 Å². The lowest BCUT2D eigenvalue weighted by molar-refractivity contribution is -0.129. The number of pyridine rings is 1. The average molecular weight is 319 g/mol. The Hall–Kier alpha value is -2.11. The zero-order valence-electron chi connectivity index (χ0n) is 14.3. The van der Waals surface area contributed by atoms with Crippen LogP contribution >= 0.6 is 0 Å². The molecule has 6 nitrogen and oxygen atoms in total. The van der Waals surface area contributed by atoms with Gasteiger partial charge in [0.25, 0.3) is 0 Å². The SMILES string of the molecule is CC(C)(C)OC(=O)N1CCC(C)(C(=O)NCc2ccccn2)C1. The van der Waals surface area contributed by atoms with Gasteiger partial charge in [0.2, 0.25) is 5.91 Å². The molecule has 1 saturated heterocycles. The van der Waals surface area contributed by atoms with Gasteiger partial charge in [-0.15, -0.1) is 0 Å². The van der Waals surface area contributed by atoms with Crippen LogP contribution in [0.5, 0.6) is 0 Å². The Morgan fingerprint density at radius 2 is 2.13 bits per heavy atom. The summed E-state index contributed by atoms with van der Waals surface area (Å²) in [6, 6.07) is 5.59. The molecule has 1 aliphatic rings. The normalized spacial score (nSPS) is 21.1. The number of nitrogens with zero attached hydrogens (tertiary/aromatic N) is 2. The van der Waals surface area contributed by atoms with Crippen LogP contribution in [0, 0.1) is 5.41 Å². The van der Waals surface area contributed by atoms with E-state index in [-0.39, 0.29) is 12.0 Å². The number of carbonyl (C=O) groups is 2. The zero-order chi connectivity index (χ0) is 17.1. The Kier molecular flexibility index (Phi) is 4.92. The summed E-state index contributed by atoms with van der Waals surface area (Å²) in [4.78, 5) is 30.4. The minimum atomic E-state index is -0.592. The molecule has 2 heterocycles. The van der Waals surface area contributed by atoms with Crippen LogP contribution in [0.3, 0.4) is 0 Å². The van der Waals surface area contributed by atoms with Gasteiger partial charge in [0.15, 0.2) is 0 Å². The van der Waals surface area contributed by atoms with E-state index >= 15 is 0 Å². The van der Waals surface area contributed by atoms with Gasteiger partial charge in [0, 0.05) is 19.3 Å². The van der Waals surface area contributed by atoms with Crippen molar-refractivity contribution in [2.75, 3.05) is 13.1 Å². The number of hydrogen-bond acceptors (Lipinski definition) is 4. The molecule has 1 aromatic heterocycles. The van der Waals surface area contributed by atoms with E-state index < -0.39 is 11.0 Å². The van der Waals surface area contributed by atoms with Crippen LogP contribution in [0.15, 0.2) is 24.4 Å². The molecule has 1 aromatic rings. The van der Waals surface area contributed by atoms with Crippen molar-refractivity contribution in [2.24, 2.45) is 5.41 Å². The van der Waals surface area contributed by atoms with E-state index in [1.807, 2.05) is 45.9 Å². The standard InChI is InChI=1S/C17H25N3O3/c1-16(2,3)23-15(22)20-10-8-17(4,12-20)14(21)19-11-13-7-5-6-9-18-13/h5-7,9H,8,10-12H2,1-4H3,(H,19,21). The molecule has 23 heavy (non-hydrogen) atoms. The van der Waals surface area contributed by atoms with Crippen LogP contribution in [0.1, 0.15) is 39.8 Å². The van der Waals surface area contributed by atoms with Crippen LogP contribution in [0.25, 0.3) is 0 Å². The van der Waals surface area contributed by atoms with Gasteiger partial charge in [-0.1, -0.05) is 6.07 Å². The topological polar surface area (TPSA) is 71.5 Å². The van der Waals surface area contributed by atoms with Crippen molar-refractivity contribution >= 4 is 12.0 Å². The molecular weight excluding hydrogens is 294 g/mol. The molecule has 2 amide bonds. The van der Waals surface area contributed by atoms with Crippen LogP contribution in [0.4, 0.5) is 4.79 Å². The predicted octanol–water partition coefficient (Wildman–Crippen LogP) is 2.34. The monoisotopic (exact) mass is 319 g/mol. The van der Waals surface area contributed by atoms with Gasteiger partial charge in [-0.2, -0.15) is 0 Å². The number of aromatic nitrogens is 1. The molecular formula is C17H25N3O3. The first-order valence-electron chi connectivity index (χ1n) is 7.86. The second-order valence-electron chi connectivity index (χ2n) is 7.22. The van der Waals surface area contributed by atoms with Crippen LogP contribution in [-0.4, -0.2) is 40.6 Å². The summed E-state index contributed by atoms with van der Waals surface area (Å²) in [5.41, 5.74) is -0.311. The fraction of sp³-hybridized carbons (Fsp3) is 0.588. The van der Waals surface area contributed by atoms with E-state index in [0.717, 1.165) is 5.69 Å². The second-order valence-corrected chi connectivity index (χ2v) is 7.22. The molecule has 0 aromatic carbocycles. The van der Waals surface area contributed by atoms with Crippen molar-refractivity contribution in [2.45, 2.75) is 46.3 Å². The zero-order valence-corrected chi connectivity index (χ0v) is 14.3. The number of rotatable bonds is 3. The number of hydrogen-bond donors (Lipinski definition) is 1. The maximum absolute atomic E-state index is 12.5. The molecule has 6 heteroatoms. The maximum Gasteiger partial charge on any atom is 0.410 e. The third kappa shape index (κ3) is 4.68. The molecule has 0 bridgehead atoms. The molecule has 1 atom stereocenters. The highest BCUT2D eigenvalue weighted by Crippen LogP contribution is 2.31. The Morgan fingerprint density at radius 1 is 1.39 bits per heavy atom. The van der Waals surface area contributed by atoms with E-state index in [2.05, 4.69) is 10.3 Å². The van der Waals surface area contributed by atoms with Gasteiger partial charge < -0.3 is 15.0 Å². The van der Waals surface area contributed by atoms with Crippen molar-refractivity contribution in [1.82, 2.24) is 15.2 Å². The molecule has 0 radical (unpaired) electrons. The lowest BCUT2D eigenvalue weighted by Crippen LogP contribution is -2.42. The Bertz CT molecular complexity index is 568. The molecule has 126 valence electrons. The Labute approximate surface area is 137 Å². The van der Waals surface area contributed by atoms with E-state index in [1.54, 1.807) is 11.1 Å². The summed E-state index contributed by atoms with van der Waals surface area (Å²) in [5, 5.41) is 2.91. The van der Waals surface area contributed by atoms with Gasteiger partial charge in [-0.3, -0.25) is 9.78 Å². The summed E-state index contributed by atoms with van der Waals surface area (Å²) in [7, 11) is 0. The lowest BCUT2D eigenvalue weighted by Gasteiger charge is -2.26. The number of likely N-dealkylation sites (tertiary alicyclic amines) is 1. The van der Waals surface area contributed by atoms with E-state index in [9.17, 15) is 9.59 Å². The van der Waals surface area contributed by atoms with E-state index in [1.165, 1.54) is 0 Å². The smallest absolute Gasteiger partial charge is 0.410 e. The first-order valence-corrected chi connectivity index (χ1v) is 7.86. The number of amides is 2. The van der Waals surface area contributed by atoms with Crippen molar-refractivity contribution in [3.63, 3.8) is 0 Å². The molecule has 1 N–H and O–H groups in total. The summed E-state index contributed by atoms with van der Waals surface area (Å²) in [5.74, 6) is -0.0609. The first kappa shape index (κ1) is 17.2. The largest absolute Gasteiger partial charge is 0.444 e. The summed E-state index contributed by atoms with van der Waals surface area (Å²) in [6.45, 7) is 8.67. The van der Waals surface area contributed by atoms with Gasteiger partial charge in [0.1, 0.15) is 5.60 Å². The highest BCUT2D eigenvalue weighted by molar-refractivity contribution is 5.84. The summed E-state index contributed by atoms with van der Waals surface area (Å²) < 4.78 is 5.37. The predicted molar refractivity (Wildman–Crippen MR) is 86.6 cm³/mol. The Balaban J connectivity index is 1.90. The van der Waals surface area contributed by atoms with Crippen molar-refractivity contribution in [3.8, 4) is 0 Å². The molecule has 1 unspecified atom stereocenters. The highest BCUT2D eigenvalue weighted by Gasteiger charge is 2.43. The van der Waals surface area contributed by atoms with Crippen molar-refractivity contribution in [1.29, 1.82) is 0 Å². The molecule has 0 spiro atoms. The molecule has 0 aliphatic carbocycles. The number of carbonyl (C=O) groups excluding carboxylic acids is 2. The fourth-order valence-electron chi connectivity index (χ4n) is 2.52. The number of nitrogens with one attached hydrogen (secondary N) is 1. The molecule has 2 rings (SSSR count). The fourth-order valence-corrected chi connectivity index (χ4v) is 2.52. The maximum atomic E-state index is 12.5. The summed E-state index contributed by atoms with van der Waals surface area (Å²) >= 11 is 0. The van der Waals surface area contributed by atoms with Gasteiger partial charge in [-0.05, 0) is 46.2 Å². The molecule has 1 aliphatic heterocycles. The second kappa shape index (κ2) is 6.56. The summed E-state index contributed by atoms with van der Waals surface area (Å²) in [6.07, 6.45) is 1.96. The quantitative estimate of drug-likeness (QED) is 0.928. The third-order valence-corrected chi connectivity index (χ3v) is 3.83. The molecule has 1 fully saturated rings. The lowest BCUT2D eigenvalue weighted by atomic mass is 9.89.